The van der Waals surface area contributed by atoms with Crippen molar-refractivity contribution in [3.8, 4) is 0 Å². The van der Waals surface area contributed by atoms with E-state index in [1.807, 2.05) is 20.8 Å². The number of hydrogen-bond donors (Lipinski definition) is 0. The summed E-state index contributed by atoms with van der Waals surface area (Å²) in [5.74, 6) is -0.504. The Morgan fingerprint density at radius 1 is 1.33 bits per heavy atom. The maximum atomic E-state index is 14.0. The lowest BCUT2D eigenvalue weighted by Crippen LogP contribution is -2.16. The van der Waals surface area contributed by atoms with E-state index in [0.717, 1.165) is 0 Å². The zero-order chi connectivity index (χ0) is 11.6. The van der Waals surface area contributed by atoms with Crippen LogP contribution < -0.4 is 0 Å². The van der Waals surface area contributed by atoms with Gasteiger partial charge in [0.1, 0.15) is 5.82 Å². The SMILES string of the molecule is CCC(=O)c1cccc(C(C)(C)C)c1F. The number of Topliss-reactive ketones (excluding diaryl/α,β-unsaturated/α-hetero) is 1. The minimum Gasteiger partial charge on any atom is -0.294 e. The molecule has 1 aromatic rings. The summed E-state index contributed by atoms with van der Waals surface area (Å²) in [4.78, 5) is 11.5. The third kappa shape index (κ3) is 2.44. The molecule has 0 aliphatic carbocycles. The van der Waals surface area contributed by atoms with Crippen LogP contribution in [0.5, 0.6) is 0 Å². The Hall–Kier alpha value is -1.18. The first kappa shape index (κ1) is 11.9. The second-order valence-electron chi connectivity index (χ2n) is 4.69. The Bertz CT molecular complexity index is 375. The van der Waals surface area contributed by atoms with E-state index >= 15 is 0 Å². The number of carbonyl (C=O) groups excluding carboxylic acids is 1. The smallest absolute Gasteiger partial charge is 0.165 e. The number of halogens is 1. The van der Waals surface area contributed by atoms with E-state index in [1.165, 1.54) is 0 Å². The summed E-state index contributed by atoms with van der Waals surface area (Å²) in [6, 6.07) is 5.03. The van der Waals surface area contributed by atoms with Crippen molar-refractivity contribution >= 4 is 5.78 Å². The van der Waals surface area contributed by atoms with E-state index < -0.39 is 0 Å². The van der Waals surface area contributed by atoms with Crippen LogP contribution in [0.25, 0.3) is 0 Å². The predicted octanol–water partition coefficient (Wildman–Crippen LogP) is 3.72. The van der Waals surface area contributed by atoms with Gasteiger partial charge in [0.15, 0.2) is 5.78 Å². The third-order valence-electron chi connectivity index (χ3n) is 2.43. The van der Waals surface area contributed by atoms with E-state index in [9.17, 15) is 9.18 Å². The molecular formula is C13H17FO. The number of hydrogen-bond acceptors (Lipinski definition) is 1. The zero-order valence-corrected chi connectivity index (χ0v) is 9.73. The van der Waals surface area contributed by atoms with Crippen molar-refractivity contribution in [3.63, 3.8) is 0 Å². The fraction of sp³-hybridized carbons (Fsp3) is 0.462. The molecule has 0 N–H and O–H groups in total. The molecule has 0 heterocycles. The summed E-state index contributed by atoms with van der Waals surface area (Å²) in [5, 5.41) is 0. The van der Waals surface area contributed by atoms with Gasteiger partial charge >= 0.3 is 0 Å². The van der Waals surface area contributed by atoms with Crippen molar-refractivity contribution in [2.75, 3.05) is 0 Å². The van der Waals surface area contributed by atoms with Crippen molar-refractivity contribution in [1.82, 2.24) is 0 Å². The molecule has 0 aliphatic rings. The molecule has 0 bridgehead atoms. The second-order valence-corrected chi connectivity index (χ2v) is 4.69. The third-order valence-corrected chi connectivity index (χ3v) is 2.43. The molecule has 0 unspecified atom stereocenters. The van der Waals surface area contributed by atoms with Crippen LogP contribution in [0.3, 0.4) is 0 Å². The molecule has 1 aromatic carbocycles. The summed E-state index contributed by atoms with van der Waals surface area (Å²) >= 11 is 0. The molecule has 0 atom stereocenters. The van der Waals surface area contributed by atoms with Gasteiger partial charge in [0, 0.05) is 6.42 Å². The van der Waals surface area contributed by atoms with Crippen molar-refractivity contribution < 1.29 is 9.18 Å². The van der Waals surface area contributed by atoms with Crippen LogP contribution in [-0.4, -0.2) is 5.78 Å². The number of ketones is 1. The highest BCUT2D eigenvalue weighted by molar-refractivity contribution is 5.96. The first-order valence-electron chi connectivity index (χ1n) is 5.20. The normalized spacial score (nSPS) is 11.5. The molecule has 0 saturated carbocycles. The maximum absolute atomic E-state index is 14.0. The van der Waals surface area contributed by atoms with Crippen LogP contribution in [0.15, 0.2) is 18.2 Å². The van der Waals surface area contributed by atoms with Crippen molar-refractivity contribution in [1.29, 1.82) is 0 Å². The van der Waals surface area contributed by atoms with Crippen LogP contribution in [-0.2, 0) is 5.41 Å². The average molecular weight is 208 g/mol. The molecule has 2 heteroatoms. The summed E-state index contributed by atoms with van der Waals surface area (Å²) in [6.45, 7) is 7.55. The number of benzene rings is 1. The minimum absolute atomic E-state index is 0.140. The summed E-state index contributed by atoms with van der Waals surface area (Å²) in [6.07, 6.45) is 0.338. The van der Waals surface area contributed by atoms with Crippen molar-refractivity contribution in [2.24, 2.45) is 0 Å². The molecule has 0 aliphatic heterocycles. The highest BCUT2D eigenvalue weighted by Gasteiger charge is 2.21. The minimum atomic E-state index is -0.364. The standard InChI is InChI=1S/C13H17FO/c1-5-11(15)9-7-6-8-10(12(9)14)13(2,3)4/h6-8H,5H2,1-4H3. The molecule has 1 rings (SSSR count). The molecule has 82 valence electrons. The Morgan fingerprint density at radius 3 is 2.40 bits per heavy atom. The topological polar surface area (TPSA) is 17.1 Å². The first-order valence-corrected chi connectivity index (χ1v) is 5.20. The molecule has 0 radical (unpaired) electrons. The summed E-state index contributed by atoms with van der Waals surface area (Å²) in [7, 11) is 0. The van der Waals surface area contributed by atoms with Gasteiger partial charge in [-0.05, 0) is 17.0 Å². The lowest BCUT2D eigenvalue weighted by atomic mass is 9.85. The van der Waals surface area contributed by atoms with Crippen molar-refractivity contribution in [3.05, 3.63) is 35.1 Å². The van der Waals surface area contributed by atoms with Gasteiger partial charge in [0.05, 0.1) is 5.56 Å². The van der Waals surface area contributed by atoms with Crippen LogP contribution in [0.2, 0.25) is 0 Å². The van der Waals surface area contributed by atoms with E-state index in [2.05, 4.69) is 0 Å². The Balaban J connectivity index is 3.30. The lowest BCUT2D eigenvalue weighted by molar-refractivity contribution is 0.0984. The first-order chi connectivity index (χ1) is 6.88. The Kier molecular flexibility index (Phi) is 3.28. The largest absolute Gasteiger partial charge is 0.294 e. The quantitative estimate of drug-likeness (QED) is 0.677. The average Bonchev–Trinajstić information content (AvgIpc) is 2.15. The zero-order valence-electron chi connectivity index (χ0n) is 9.73. The van der Waals surface area contributed by atoms with Crippen LogP contribution >= 0.6 is 0 Å². The molecule has 0 fully saturated rings. The van der Waals surface area contributed by atoms with Gasteiger partial charge in [0.25, 0.3) is 0 Å². The van der Waals surface area contributed by atoms with Gasteiger partial charge in [-0.15, -0.1) is 0 Å². The monoisotopic (exact) mass is 208 g/mol. The Labute approximate surface area is 90.3 Å². The molecule has 0 amide bonds. The molecule has 0 aromatic heterocycles. The molecule has 0 spiro atoms. The lowest BCUT2D eigenvalue weighted by Gasteiger charge is -2.20. The molecular weight excluding hydrogens is 191 g/mol. The molecule has 15 heavy (non-hydrogen) atoms. The molecule has 1 nitrogen and oxygen atoms in total. The van der Waals surface area contributed by atoms with Crippen LogP contribution in [0.4, 0.5) is 4.39 Å². The van der Waals surface area contributed by atoms with Gasteiger partial charge in [-0.25, -0.2) is 4.39 Å². The number of rotatable bonds is 2. The van der Waals surface area contributed by atoms with Gasteiger partial charge in [-0.3, -0.25) is 4.79 Å². The van der Waals surface area contributed by atoms with Crippen LogP contribution in [0, 0.1) is 5.82 Å². The summed E-state index contributed by atoms with van der Waals surface area (Å²) < 4.78 is 14.0. The van der Waals surface area contributed by atoms with Crippen molar-refractivity contribution in [2.45, 2.75) is 39.5 Å². The highest BCUT2D eigenvalue weighted by Crippen LogP contribution is 2.27. The van der Waals surface area contributed by atoms with Gasteiger partial charge in [-0.2, -0.15) is 0 Å². The van der Waals surface area contributed by atoms with Gasteiger partial charge < -0.3 is 0 Å². The van der Waals surface area contributed by atoms with Crippen LogP contribution in [0.1, 0.15) is 50.0 Å². The van der Waals surface area contributed by atoms with Gasteiger partial charge in [0.2, 0.25) is 0 Å². The fourth-order valence-electron chi connectivity index (χ4n) is 1.52. The van der Waals surface area contributed by atoms with Gasteiger partial charge in [-0.1, -0.05) is 39.8 Å². The van der Waals surface area contributed by atoms with E-state index in [0.29, 0.717) is 12.0 Å². The number of carbonyl (C=O) groups is 1. The highest BCUT2D eigenvalue weighted by atomic mass is 19.1. The maximum Gasteiger partial charge on any atom is 0.165 e. The Morgan fingerprint density at radius 2 is 1.93 bits per heavy atom. The summed E-state index contributed by atoms with van der Waals surface area (Å²) in [5.41, 5.74) is 0.542. The van der Waals surface area contributed by atoms with E-state index in [1.54, 1.807) is 25.1 Å². The van der Waals surface area contributed by atoms with E-state index in [4.69, 9.17) is 0 Å². The molecule has 0 saturated heterocycles. The van der Waals surface area contributed by atoms with E-state index in [-0.39, 0.29) is 22.6 Å². The second kappa shape index (κ2) is 4.13. The predicted molar refractivity (Wildman–Crippen MR) is 59.7 cm³/mol. The fourth-order valence-corrected chi connectivity index (χ4v) is 1.52.